The van der Waals surface area contributed by atoms with E-state index in [0.717, 1.165) is 17.7 Å². The van der Waals surface area contributed by atoms with Crippen LogP contribution in [0.4, 0.5) is 0 Å². The molecule has 0 saturated carbocycles. The fraction of sp³-hybridized carbons (Fsp3) is 0.824. The van der Waals surface area contributed by atoms with Crippen molar-refractivity contribution in [2.24, 2.45) is 0 Å². The summed E-state index contributed by atoms with van der Waals surface area (Å²) in [5.41, 5.74) is 1.16. The third kappa shape index (κ3) is 6.02. The Labute approximate surface area is 139 Å². The van der Waals surface area contributed by atoms with Crippen LogP contribution in [0.5, 0.6) is 0 Å². The summed E-state index contributed by atoms with van der Waals surface area (Å²) in [4.78, 5) is 4.60. The third-order valence-corrected chi connectivity index (χ3v) is 13.8. The van der Waals surface area contributed by atoms with E-state index in [9.17, 15) is 0 Å². The first-order valence-corrected chi connectivity index (χ1v) is 13.6. The molecule has 0 bridgehead atoms. The summed E-state index contributed by atoms with van der Waals surface area (Å²) < 4.78 is 5.46. The maximum atomic E-state index is 5.46. The second-order valence-corrected chi connectivity index (χ2v) is 17.9. The Balaban J connectivity index is 3.01. The molecular weight excluding hydrogens is 345 g/mol. The van der Waals surface area contributed by atoms with Crippen LogP contribution in [-0.2, 0) is 6.16 Å². The molecule has 1 aromatic heterocycles. The number of oxazole rings is 1. The van der Waals surface area contributed by atoms with Gasteiger partial charge in [0.2, 0.25) is 0 Å². The van der Waals surface area contributed by atoms with Gasteiger partial charge in [-0.2, -0.15) is 0 Å². The predicted octanol–water partition coefficient (Wildman–Crippen LogP) is 6.75. The second-order valence-electron chi connectivity index (χ2n) is 6.57. The van der Waals surface area contributed by atoms with Crippen molar-refractivity contribution < 1.29 is 4.42 Å². The summed E-state index contributed by atoms with van der Waals surface area (Å²) in [7, 11) is 0. The molecule has 0 aromatic carbocycles. The Hall–Kier alpha value is 0.120. The van der Waals surface area contributed by atoms with E-state index in [1.807, 2.05) is 13.2 Å². The first kappa shape index (κ1) is 19.2. The monoisotopic (exact) mass is 377 g/mol. The number of hydrogen-bond acceptors (Lipinski definition) is 2. The number of aromatic nitrogens is 1. The van der Waals surface area contributed by atoms with Crippen molar-refractivity contribution in [2.45, 2.75) is 72.4 Å². The number of hydrogen-bond donors (Lipinski definition) is 0. The molecule has 0 amide bonds. The zero-order valence-electron chi connectivity index (χ0n) is 14.3. The van der Waals surface area contributed by atoms with Gasteiger partial charge in [-0.15, -0.1) is 0 Å². The van der Waals surface area contributed by atoms with Crippen molar-refractivity contribution in [3.8, 4) is 0 Å². The number of halogens is 1. The summed E-state index contributed by atoms with van der Waals surface area (Å²) in [6.45, 7) is 8.84. The first-order valence-electron chi connectivity index (χ1n) is 8.58. The minimum absolute atomic E-state index is 0.795. The summed E-state index contributed by atoms with van der Waals surface area (Å²) in [5.74, 6) is 0.795. The molecule has 0 radical (unpaired) electrons. The standard InChI is InChI=1S/C17H33BrNOP/c1-5-8-11-21(18,12-9-6-2,13-10-7-3)15-17-14-20-16(4)19-17/h14H,5-13,15H2,1-4H3. The quantitative estimate of drug-likeness (QED) is 0.398. The van der Waals surface area contributed by atoms with Crippen LogP contribution in [0.3, 0.4) is 0 Å². The molecule has 0 aliphatic rings. The summed E-state index contributed by atoms with van der Waals surface area (Å²) >= 11 is 4.39. The van der Waals surface area contributed by atoms with E-state index in [1.165, 1.54) is 57.0 Å². The number of rotatable bonds is 11. The van der Waals surface area contributed by atoms with Gasteiger partial charge in [0.25, 0.3) is 0 Å². The van der Waals surface area contributed by atoms with Gasteiger partial charge in [0.1, 0.15) is 0 Å². The van der Waals surface area contributed by atoms with Gasteiger partial charge in [-0.3, -0.25) is 0 Å². The topological polar surface area (TPSA) is 26.0 Å². The fourth-order valence-electron chi connectivity index (χ4n) is 3.12. The average molecular weight is 378 g/mol. The molecule has 0 spiro atoms. The van der Waals surface area contributed by atoms with Gasteiger partial charge < -0.3 is 0 Å². The van der Waals surface area contributed by atoms with Crippen molar-refractivity contribution in [2.75, 3.05) is 18.5 Å². The Morgan fingerprint density at radius 2 is 1.48 bits per heavy atom. The molecule has 1 rings (SSSR count). The molecule has 4 heteroatoms. The number of unbranched alkanes of at least 4 members (excludes halogenated alkanes) is 3. The van der Waals surface area contributed by atoms with Gasteiger partial charge in [0.15, 0.2) is 0 Å². The van der Waals surface area contributed by atoms with Crippen molar-refractivity contribution in [1.29, 1.82) is 0 Å². The zero-order valence-corrected chi connectivity index (χ0v) is 16.8. The molecule has 0 saturated heterocycles. The van der Waals surface area contributed by atoms with Crippen LogP contribution in [0.15, 0.2) is 10.7 Å². The van der Waals surface area contributed by atoms with E-state index in [4.69, 9.17) is 4.42 Å². The molecule has 0 atom stereocenters. The summed E-state index contributed by atoms with van der Waals surface area (Å²) in [6, 6.07) is 0. The Morgan fingerprint density at radius 1 is 1.00 bits per heavy atom. The average Bonchev–Trinajstić information content (AvgIpc) is 2.86. The molecule has 0 aliphatic heterocycles. The molecule has 124 valence electrons. The van der Waals surface area contributed by atoms with Crippen LogP contribution < -0.4 is 0 Å². The van der Waals surface area contributed by atoms with Crippen LogP contribution in [0.25, 0.3) is 0 Å². The van der Waals surface area contributed by atoms with Crippen molar-refractivity contribution in [1.82, 2.24) is 4.98 Å². The normalized spacial score (nSPS) is 14.0. The Kier molecular flexibility index (Phi) is 7.92. The van der Waals surface area contributed by atoms with E-state index in [-0.39, 0.29) is 0 Å². The zero-order chi connectivity index (χ0) is 15.8. The van der Waals surface area contributed by atoms with Crippen LogP contribution >= 0.6 is 20.8 Å². The van der Waals surface area contributed by atoms with E-state index < -0.39 is 5.31 Å². The number of nitrogens with zero attached hydrogens (tertiary/aromatic N) is 1. The van der Waals surface area contributed by atoms with Crippen molar-refractivity contribution in [3.63, 3.8) is 0 Å². The fourth-order valence-corrected chi connectivity index (χ4v) is 11.6. The van der Waals surface area contributed by atoms with Crippen LogP contribution in [0.1, 0.15) is 70.9 Å². The van der Waals surface area contributed by atoms with Gasteiger partial charge in [-0.25, -0.2) is 0 Å². The predicted molar refractivity (Wildman–Crippen MR) is 100 cm³/mol. The minimum atomic E-state index is -1.88. The molecule has 2 nitrogen and oxygen atoms in total. The third-order valence-electron chi connectivity index (χ3n) is 4.44. The molecule has 21 heavy (non-hydrogen) atoms. The van der Waals surface area contributed by atoms with E-state index in [2.05, 4.69) is 41.2 Å². The van der Waals surface area contributed by atoms with Crippen LogP contribution in [0, 0.1) is 6.92 Å². The van der Waals surface area contributed by atoms with E-state index in [1.54, 1.807) is 0 Å². The SMILES string of the molecule is CCCCP(Br)(CCCC)(CCCC)Cc1coc(C)n1. The van der Waals surface area contributed by atoms with Gasteiger partial charge in [-0.05, 0) is 0 Å². The molecular formula is C17H33BrNOP. The van der Waals surface area contributed by atoms with Crippen molar-refractivity contribution in [3.05, 3.63) is 17.8 Å². The first-order chi connectivity index (χ1) is 9.95. The maximum absolute atomic E-state index is 5.46. The molecule has 0 N–H and O–H groups in total. The summed E-state index contributed by atoms with van der Waals surface area (Å²) in [6.07, 6.45) is 14.9. The molecule has 0 aliphatic carbocycles. The van der Waals surface area contributed by atoms with Gasteiger partial charge in [-0.1, -0.05) is 0 Å². The molecule has 0 fully saturated rings. The molecule has 1 aromatic rings. The van der Waals surface area contributed by atoms with E-state index >= 15 is 0 Å². The Bertz CT molecular complexity index is 394. The van der Waals surface area contributed by atoms with Crippen molar-refractivity contribution >= 4 is 20.8 Å². The molecule has 1 heterocycles. The number of aryl methyl sites for hydroxylation is 1. The Morgan fingerprint density at radius 3 is 1.81 bits per heavy atom. The van der Waals surface area contributed by atoms with Crippen LogP contribution in [-0.4, -0.2) is 23.5 Å². The molecule has 0 unspecified atom stereocenters. The summed E-state index contributed by atoms with van der Waals surface area (Å²) in [5, 5.41) is -1.88. The van der Waals surface area contributed by atoms with E-state index in [0.29, 0.717) is 0 Å². The van der Waals surface area contributed by atoms with Gasteiger partial charge in [0.05, 0.1) is 0 Å². The van der Waals surface area contributed by atoms with Gasteiger partial charge in [0, 0.05) is 0 Å². The van der Waals surface area contributed by atoms with Gasteiger partial charge >= 0.3 is 139 Å². The second kappa shape index (κ2) is 8.67. The van der Waals surface area contributed by atoms with Crippen LogP contribution in [0.2, 0.25) is 0 Å².